The molecule has 0 aromatic carbocycles. The van der Waals surface area contributed by atoms with Crippen LogP contribution in [0.3, 0.4) is 0 Å². The van der Waals surface area contributed by atoms with Crippen molar-refractivity contribution in [3.63, 3.8) is 0 Å². The second-order valence-corrected chi connectivity index (χ2v) is 7.88. The van der Waals surface area contributed by atoms with Crippen molar-refractivity contribution in [2.45, 2.75) is 72.4 Å². The van der Waals surface area contributed by atoms with Gasteiger partial charge in [0.1, 0.15) is 0 Å². The molecule has 1 aliphatic heterocycles. The fraction of sp³-hybridized carbons (Fsp3) is 1.00. The topological polar surface area (TPSA) is 35.5 Å². The van der Waals surface area contributed by atoms with E-state index in [0.29, 0.717) is 11.3 Å². The Hall–Kier alpha value is -0.120. The molecule has 1 fully saturated rings. The van der Waals surface area contributed by atoms with Crippen LogP contribution < -0.4 is 5.32 Å². The summed E-state index contributed by atoms with van der Waals surface area (Å²) in [4.78, 5) is 2.47. The zero-order valence-corrected chi connectivity index (χ0v) is 14.5. The summed E-state index contributed by atoms with van der Waals surface area (Å²) in [6, 6.07) is 0. The normalized spacial score (nSPS) is 25.9. The summed E-state index contributed by atoms with van der Waals surface area (Å²) in [5.41, 5.74) is 0.499. The van der Waals surface area contributed by atoms with Gasteiger partial charge in [-0.05, 0) is 57.9 Å². The first-order chi connectivity index (χ1) is 9.21. The minimum atomic E-state index is -0.147. The largest absolute Gasteiger partial charge is 0.392 e. The zero-order valence-electron chi connectivity index (χ0n) is 14.5. The van der Waals surface area contributed by atoms with E-state index in [1.807, 2.05) is 0 Å². The van der Waals surface area contributed by atoms with E-state index in [4.69, 9.17) is 0 Å². The number of hydrogen-bond acceptors (Lipinski definition) is 3. The van der Waals surface area contributed by atoms with Crippen molar-refractivity contribution in [2.75, 3.05) is 26.2 Å². The molecule has 0 aromatic heterocycles. The first kappa shape index (κ1) is 17.9. The summed E-state index contributed by atoms with van der Waals surface area (Å²) in [5.74, 6) is 0.455. The molecule has 0 amide bonds. The maximum Gasteiger partial charge on any atom is 0.0693 e. The molecule has 0 radical (unpaired) electrons. The quantitative estimate of drug-likeness (QED) is 0.787. The Balaban J connectivity index is 2.61. The van der Waals surface area contributed by atoms with E-state index in [1.165, 1.54) is 12.8 Å². The lowest BCUT2D eigenvalue weighted by Gasteiger charge is -2.42. The van der Waals surface area contributed by atoms with Gasteiger partial charge in [0.05, 0.1) is 6.10 Å². The summed E-state index contributed by atoms with van der Waals surface area (Å²) >= 11 is 0. The summed E-state index contributed by atoms with van der Waals surface area (Å²) in [5, 5.41) is 13.8. The second kappa shape index (κ2) is 7.24. The van der Waals surface area contributed by atoms with Crippen LogP contribution in [0.1, 0.15) is 60.8 Å². The molecule has 20 heavy (non-hydrogen) atoms. The van der Waals surface area contributed by atoms with Crippen LogP contribution in [0.25, 0.3) is 0 Å². The van der Waals surface area contributed by atoms with E-state index in [2.05, 4.69) is 51.8 Å². The van der Waals surface area contributed by atoms with Crippen molar-refractivity contribution in [3.8, 4) is 0 Å². The van der Waals surface area contributed by atoms with E-state index in [-0.39, 0.29) is 11.6 Å². The number of aliphatic hydroxyl groups is 1. The lowest BCUT2D eigenvalue weighted by atomic mass is 9.80. The molecule has 120 valence electrons. The van der Waals surface area contributed by atoms with Crippen LogP contribution in [-0.4, -0.2) is 47.8 Å². The van der Waals surface area contributed by atoms with Crippen LogP contribution in [0.5, 0.6) is 0 Å². The molecule has 2 unspecified atom stereocenters. The predicted octanol–water partition coefficient (Wildman–Crippen LogP) is 2.88. The van der Waals surface area contributed by atoms with Crippen molar-refractivity contribution in [3.05, 3.63) is 0 Å². The maximum absolute atomic E-state index is 10.1. The van der Waals surface area contributed by atoms with Crippen LogP contribution in [0.15, 0.2) is 0 Å². The average molecular weight is 284 g/mol. The molecule has 1 rings (SSSR count). The van der Waals surface area contributed by atoms with Gasteiger partial charge >= 0.3 is 0 Å². The fourth-order valence-electron chi connectivity index (χ4n) is 2.96. The third kappa shape index (κ3) is 5.34. The standard InChI is InChI=1S/C17H36N2O/c1-7-17(8-2,12-18-16(4,5)6)13-19-10-9-14(3)15(20)11-19/h14-15,18,20H,7-13H2,1-6H3. The van der Waals surface area contributed by atoms with Crippen molar-refractivity contribution < 1.29 is 5.11 Å². The molecule has 0 bridgehead atoms. The molecular formula is C17H36N2O. The van der Waals surface area contributed by atoms with Crippen molar-refractivity contribution >= 4 is 0 Å². The molecule has 0 aromatic rings. The Kier molecular flexibility index (Phi) is 6.49. The van der Waals surface area contributed by atoms with Gasteiger partial charge in [0.25, 0.3) is 0 Å². The second-order valence-electron chi connectivity index (χ2n) is 7.88. The number of aliphatic hydroxyl groups excluding tert-OH is 1. The lowest BCUT2D eigenvalue weighted by molar-refractivity contribution is 0.00675. The molecule has 0 aliphatic carbocycles. The Labute approximate surface area is 126 Å². The molecule has 2 N–H and O–H groups in total. The first-order valence-corrected chi connectivity index (χ1v) is 8.37. The number of nitrogens with zero attached hydrogens (tertiary/aromatic N) is 1. The van der Waals surface area contributed by atoms with Gasteiger partial charge in [-0.1, -0.05) is 20.8 Å². The van der Waals surface area contributed by atoms with Crippen molar-refractivity contribution in [1.82, 2.24) is 10.2 Å². The van der Waals surface area contributed by atoms with E-state index in [1.54, 1.807) is 0 Å². The van der Waals surface area contributed by atoms with E-state index in [9.17, 15) is 5.11 Å². The van der Waals surface area contributed by atoms with Gasteiger partial charge in [0, 0.05) is 25.2 Å². The van der Waals surface area contributed by atoms with Crippen molar-refractivity contribution in [1.29, 1.82) is 0 Å². The van der Waals surface area contributed by atoms with E-state index in [0.717, 1.165) is 32.6 Å². The van der Waals surface area contributed by atoms with Crippen molar-refractivity contribution in [2.24, 2.45) is 11.3 Å². The molecule has 0 saturated carbocycles. The Bertz CT molecular complexity index is 281. The van der Waals surface area contributed by atoms with Gasteiger partial charge in [0.2, 0.25) is 0 Å². The van der Waals surface area contributed by atoms with Crippen LogP contribution in [-0.2, 0) is 0 Å². The van der Waals surface area contributed by atoms with E-state index < -0.39 is 0 Å². The number of likely N-dealkylation sites (tertiary alicyclic amines) is 1. The molecule has 3 nitrogen and oxygen atoms in total. The number of hydrogen-bond donors (Lipinski definition) is 2. The fourth-order valence-corrected chi connectivity index (χ4v) is 2.96. The third-order valence-corrected chi connectivity index (χ3v) is 5.06. The van der Waals surface area contributed by atoms with Crippen LogP contribution in [0, 0.1) is 11.3 Å². The first-order valence-electron chi connectivity index (χ1n) is 8.37. The molecule has 1 aliphatic rings. The Morgan fingerprint density at radius 1 is 1.20 bits per heavy atom. The predicted molar refractivity (Wildman–Crippen MR) is 87.0 cm³/mol. The van der Waals surface area contributed by atoms with Gasteiger partial charge in [-0.3, -0.25) is 0 Å². The molecule has 1 heterocycles. The van der Waals surface area contributed by atoms with Gasteiger partial charge in [-0.15, -0.1) is 0 Å². The summed E-state index contributed by atoms with van der Waals surface area (Å²) in [6.07, 6.45) is 3.35. The van der Waals surface area contributed by atoms with Crippen LogP contribution >= 0.6 is 0 Å². The molecule has 0 spiro atoms. The number of β-amino-alcohol motifs (C(OH)–C–C–N with tert-alkyl or cyclic N) is 1. The highest BCUT2D eigenvalue weighted by Gasteiger charge is 2.33. The Morgan fingerprint density at radius 3 is 2.25 bits per heavy atom. The van der Waals surface area contributed by atoms with Crippen LogP contribution in [0.2, 0.25) is 0 Å². The monoisotopic (exact) mass is 284 g/mol. The minimum Gasteiger partial charge on any atom is -0.392 e. The third-order valence-electron chi connectivity index (χ3n) is 5.06. The highest BCUT2D eigenvalue weighted by atomic mass is 16.3. The van der Waals surface area contributed by atoms with E-state index >= 15 is 0 Å². The summed E-state index contributed by atoms with van der Waals surface area (Å²) in [6.45, 7) is 17.6. The molecule has 2 atom stereocenters. The highest BCUT2D eigenvalue weighted by molar-refractivity contribution is 4.88. The lowest BCUT2D eigenvalue weighted by Crippen LogP contribution is -2.52. The average Bonchev–Trinajstić information content (AvgIpc) is 2.38. The number of piperidine rings is 1. The molecule has 3 heteroatoms. The Morgan fingerprint density at radius 2 is 1.80 bits per heavy atom. The number of rotatable bonds is 6. The van der Waals surface area contributed by atoms with Gasteiger partial charge < -0.3 is 15.3 Å². The van der Waals surface area contributed by atoms with Gasteiger partial charge in [-0.25, -0.2) is 0 Å². The summed E-state index contributed by atoms with van der Waals surface area (Å²) < 4.78 is 0. The zero-order chi connectivity index (χ0) is 15.4. The van der Waals surface area contributed by atoms with Gasteiger partial charge in [0.15, 0.2) is 0 Å². The molecular weight excluding hydrogens is 248 g/mol. The van der Waals surface area contributed by atoms with Gasteiger partial charge in [-0.2, -0.15) is 0 Å². The summed E-state index contributed by atoms with van der Waals surface area (Å²) in [7, 11) is 0. The highest BCUT2D eigenvalue weighted by Crippen LogP contribution is 2.29. The minimum absolute atomic E-state index is 0.147. The maximum atomic E-state index is 10.1. The smallest absolute Gasteiger partial charge is 0.0693 e. The number of nitrogens with one attached hydrogen (secondary N) is 1. The SMILES string of the molecule is CCC(CC)(CNC(C)(C)C)CN1CCC(C)C(O)C1. The molecule has 1 saturated heterocycles. The van der Waals surface area contributed by atoms with Crippen LogP contribution in [0.4, 0.5) is 0 Å².